The van der Waals surface area contributed by atoms with Gasteiger partial charge in [-0.15, -0.1) is 0 Å². The number of hydrogen-bond donors (Lipinski definition) is 2. The SMILES string of the molecule is CC(CO)C(C)NC1CCCC(C(C)(C)C)CC1. The van der Waals surface area contributed by atoms with Gasteiger partial charge in [-0.05, 0) is 49.9 Å². The van der Waals surface area contributed by atoms with Gasteiger partial charge in [0.2, 0.25) is 0 Å². The molecule has 0 radical (unpaired) electrons. The van der Waals surface area contributed by atoms with Gasteiger partial charge in [-0.1, -0.05) is 34.1 Å². The molecule has 4 unspecified atom stereocenters. The van der Waals surface area contributed by atoms with Crippen molar-refractivity contribution in [1.82, 2.24) is 5.32 Å². The van der Waals surface area contributed by atoms with Crippen molar-refractivity contribution in [2.24, 2.45) is 17.3 Å². The predicted octanol–water partition coefficient (Wildman–Crippen LogP) is 3.59. The van der Waals surface area contributed by atoms with Gasteiger partial charge in [-0.2, -0.15) is 0 Å². The van der Waals surface area contributed by atoms with Crippen LogP contribution in [0.2, 0.25) is 0 Å². The molecule has 0 aliphatic heterocycles. The lowest BCUT2D eigenvalue weighted by molar-refractivity contribution is 0.195. The van der Waals surface area contributed by atoms with Crippen molar-refractivity contribution in [3.05, 3.63) is 0 Å². The Morgan fingerprint density at radius 3 is 2.33 bits per heavy atom. The van der Waals surface area contributed by atoms with E-state index in [2.05, 4.69) is 39.9 Å². The molecule has 108 valence electrons. The minimum atomic E-state index is 0.283. The van der Waals surface area contributed by atoms with Gasteiger partial charge in [0.15, 0.2) is 0 Å². The lowest BCUT2D eigenvalue weighted by atomic mass is 9.76. The average Bonchev–Trinajstić information content (AvgIpc) is 2.52. The number of aliphatic hydroxyl groups is 1. The molecule has 0 spiro atoms. The fourth-order valence-corrected chi connectivity index (χ4v) is 3.03. The topological polar surface area (TPSA) is 32.3 Å². The number of hydrogen-bond acceptors (Lipinski definition) is 2. The number of nitrogens with one attached hydrogen (secondary N) is 1. The van der Waals surface area contributed by atoms with Gasteiger partial charge < -0.3 is 10.4 Å². The van der Waals surface area contributed by atoms with E-state index in [0.29, 0.717) is 23.4 Å². The van der Waals surface area contributed by atoms with Crippen LogP contribution in [-0.2, 0) is 0 Å². The Kier molecular flexibility index (Phi) is 6.13. The van der Waals surface area contributed by atoms with Gasteiger partial charge in [0.25, 0.3) is 0 Å². The van der Waals surface area contributed by atoms with Gasteiger partial charge >= 0.3 is 0 Å². The molecular formula is C16H33NO. The van der Waals surface area contributed by atoms with Crippen LogP contribution in [-0.4, -0.2) is 23.8 Å². The molecule has 2 nitrogen and oxygen atoms in total. The highest BCUT2D eigenvalue weighted by molar-refractivity contribution is 4.83. The summed E-state index contributed by atoms with van der Waals surface area (Å²) in [5.41, 5.74) is 0.457. The molecule has 0 bridgehead atoms. The molecule has 0 aromatic heterocycles. The third kappa shape index (κ3) is 4.89. The van der Waals surface area contributed by atoms with E-state index < -0.39 is 0 Å². The summed E-state index contributed by atoms with van der Waals surface area (Å²) < 4.78 is 0. The van der Waals surface area contributed by atoms with Crippen LogP contribution < -0.4 is 5.32 Å². The average molecular weight is 255 g/mol. The van der Waals surface area contributed by atoms with E-state index in [4.69, 9.17) is 0 Å². The normalized spacial score (nSPS) is 29.7. The first-order valence-electron chi connectivity index (χ1n) is 7.71. The van der Waals surface area contributed by atoms with E-state index >= 15 is 0 Å². The highest BCUT2D eigenvalue weighted by atomic mass is 16.3. The zero-order chi connectivity index (χ0) is 13.8. The van der Waals surface area contributed by atoms with Gasteiger partial charge in [0, 0.05) is 18.7 Å². The van der Waals surface area contributed by atoms with Crippen molar-refractivity contribution < 1.29 is 5.11 Å². The molecular weight excluding hydrogens is 222 g/mol. The van der Waals surface area contributed by atoms with E-state index in [1.54, 1.807) is 0 Å². The predicted molar refractivity (Wildman–Crippen MR) is 78.7 cm³/mol. The minimum absolute atomic E-state index is 0.283. The van der Waals surface area contributed by atoms with Crippen molar-refractivity contribution in [3.8, 4) is 0 Å². The first-order chi connectivity index (χ1) is 8.34. The summed E-state index contributed by atoms with van der Waals surface area (Å²) in [6.07, 6.45) is 6.67. The molecule has 2 heteroatoms. The van der Waals surface area contributed by atoms with E-state index in [1.165, 1.54) is 32.1 Å². The van der Waals surface area contributed by atoms with Gasteiger partial charge in [-0.3, -0.25) is 0 Å². The van der Waals surface area contributed by atoms with Crippen molar-refractivity contribution in [3.63, 3.8) is 0 Å². The first-order valence-corrected chi connectivity index (χ1v) is 7.71. The zero-order valence-corrected chi connectivity index (χ0v) is 13.0. The van der Waals surface area contributed by atoms with Crippen LogP contribution in [0.5, 0.6) is 0 Å². The summed E-state index contributed by atoms with van der Waals surface area (Å²) in [5.74, 6) is 1.22. The van der Waals surface area contributed by atoms with E-state index in [9.17, 15) is 5.11 Å². The molecule has 0 heterocycles. The molecule has 0 aromatic carbocycles. The minimum Gasteiger partial charge on any atom is -0.396 e. The van der Waals surface area contributed by atoms with Crippen molar-refractivity contribution >= 4 is 0 Å². The Bertz CT molecular complexity index is 234. The van der Waals surface area contributed by atoms with Crippen molar-refractivity contribution in [2.75, 3.05) is 6.61 Å². The smallest absolute Gasteiger partial charge is 0.0471 e. The van der Waals surface area contributed by atoms with Gasteiger partial charge in [0.05, 0.1) is 0 Å². The van der Waals surface area contributed by atoms with Gasteiger partial charge in [0.1, 0.15) is 0 Å². The van der Waals surface area contributed by atoms with Crippen LogP contribution in [0.3, 0.4) is 0 Å². The maximum absolute atomic E-state index is 9.20. The lowest BCUT2D eigenvalue weighted by Gasteiger charge is -2.30. The largest absolute Gasteiger partial charge is 0.396 e. The molecule has 18 heavy (non-hydrogen) atoms. The molecule has 0 aromatic rings. The number of aliphatic hydroxyl groups excluding tert-OH is 1. The summed E-state index contributed by atoms with van der Waals surface area (Å²) in [6.45, 7) is 11.7. The van der Waals surface area contributed by atoms with Gasteiger partial charge in [-0.25, -0.2) is 0 Å². The Hall–Kier alpha value is -0.0800. The summed E-state index contributed by atoms with van der Waals surface area (Å²) in [6, 6.07) is 1.08. The first kappa shape index (κ1) is 16.0. The summed E-state index contributed by atoms with van der Waals surface area (Å²) in [5, 5.41) is 12.9. The molecule has 1 aliphatic carbocycles. The van der Waals surface area contributed by atoms with Crippen LogP contribution >= 0.6 is 0 Å². The molecule has 1 aliphatic rings. The third-order valence-electron chi connectivity index (χ3n) is 4.83. The third-order valence-corrected chi connectivity index (χ3v) is 4.83. The second-order valence-electron chi connectivity index (χ2n) is 7.38. The quantitative estimate of drug-likeness (QED) is 0.753. The fourth-order valence-electron chi connectivity index (χ4n) is 3.03. The van der Waals surface area contributed by atoms with Crippen LogP contribution in [0.25, 0.3) is 0 Å². The van der Waals surface area contributed by atoms with E-state index in [-0.39, 0.29) is 6.61 Å². The standard InChI is InChI=1S/C16H33NO/c1-12(11-18)13(2)17-15-8-6-7-14(9-10-15)16(3,4)5/h12-15,17-18H,6-11H2,1-5H3. The maximum atomic E-state index is 9.20. The second kappa shape index (κ2) is 6.91. The highest BCUT2D eigenvalue weighted by Crippen LogP contribution is 2.36. The lowest BCUT2D eigenvalue weighted by Crippen LogP contribution is -2.41. The highest BCUT2D eigenvalue weighted by Gasteiger charge is 2.28. The van der Waals surface area contributed by atoms with Crippen molar-refractivity contribution in [1.29, 1.82) is 0 Å². The summed E-state index contributed by atoms with van der Waals surface area (Å²) in [4.78, 5) is 0. The molecule has 0 saturated heterocycles. The summed E-state index contributed by atoms with van der Waals surface area (Å²) in [7, 11) is 0. The maximum Gasteiger partial charge on any atom is 0.0471 e. The Morgan fingerprint density at radius 2 is 1.78 bits per heavy atom. The monoisotopic (exact) mass is 255 g/mol. The van der Waals surface area contributed by atoms with Crippen molar-refractivity contribution in [2.45, 2.75) is 78.8 Å². The Labute approximate surface area is 114 Å². The van der Waals surface area contributed by atoms with E-state index in [0.717, 1.165) is 5.92 Å². The summed E-state index contributed by atoms with van der Waals surface area (Å²) >= 11 is 0. The Balaban J connectivity index is 2.42. The zero-order valence-electron chi connectivity index (χ0n) is 13.0. The molecule has 1 saturated carbocycles. The Morgan fingerprint density at radius 1 is 1.11 bits per heavy atom. The van der Waals surface area contributed by atoms with E-state index in [1.807, 2.05) is 0 Å². The molecule has 1 fully saturated rings. The van der Waals surface area contributed by atoms with Crippen LogP contribution in [0, 0.1) is 17.3 Å². The fraction of sp³-hybridized carbons (Fsp3) is 1.00. The molecule has 1 rings (SSSR count). The van der Waals surface area contributed by atoms with Crippen LogP contribution in [0.15, 0.2) is 0 Å². The molecule has 4 atom stereocenters. The number of rotatable bonds is 4. The van der Waals surface area contributed by atoms with Crippen LogP contribution in [0.1, 0.15) is 66.7 Å². The van der Waals surface area contributed by atoms with Crippen LogP contribution in [0.4, 0.5) is 0 Å². The molecule has 0 amide bonds. The molecule has 2 N–H and O–H groups in total. The second-order valence-corrected chi connectivity index (χ2v) is 7.38.